The van der Waals surface area contributed by atoms with Gasteiger partial charge in [0.25, 0.3) is 0 Å². The largest absolute Gasteiger partial charge is 0.477 e. The fourth-order valence-electron chi connectivity index (χ4n) is 0.933. The third-order valence-electron chi connectivity index (χ3n) is 1.54. The number of hydrogen-bond acceptors (Lipinski definition) is 5. The van der Waals surface area contributed by atoms with E-state index in [-0.39, 0.29) is 5.69 Å². The monoisotopic (exact) mass is 222 g/mol. The van der Waals surface area contributed by atoms with E-state index in [1.165, 1.54) is 24.2 Å². The van der Waals surface area contributed by atoms with Crippen molar-refractivity contribution in [2.45, 2.75) is 10.2 Å². The average molecular weight is 222 g/mol. The zero-order chi connectivity index (χ0) is 10.7. The molecule has 0 aliphatic rings. The number of carboxylic acids is 1. The van der Waals surface area contributed by atoms with Crippen LogP contribution < -0.4 is 0 Å². The first-order valence-corrected chi connectivity index (χ1v) is 4.81. The molecule has 2 N–H and O–H groups in total. The van der Waals surface area contributed by atoms with Gasteiger partial charge in [-0.3, -0.25) is 5.10 Å². The van der Waals surface area contributed by atoms with E-state index in [0.29, 0.717) is 10.2 Å². The smallest absolute Gasteiger partial charge is 0.354 e. The quantitative estimate of drug-likeness (QED) is 0.806. The van der Waals surface area contributed by atoms with Gasteiger partial charge in [-0.1, -0.05) is 6.07 Å². The van der Waals surface area contributed by atoms with Gasteiger partial charge in [0.05, 0.1) is 0 Å². The lowest BCUT2D eigenvalue weighted by Crippen LogP contribution is -1.99. The van der Waals surface area contributed by atoms with Crippen LogP contribution in [0.2, 0.25) is 0 Å². The highest BCUT2D eigenvalue weighted by molar-refractivity contribution is 7.99. The van der Waals surface area contributed by atoms with Gasteiger partial charge in [0, 0.05) is 0 Å². The first-order chi connectivity index (χ1) is 7.25. The number of aromatic nitrogens is 4. The summed E-state index contributed by atoms with van der Waals surface area (Å²) in [5.74, 6) is -1.05. The van der Waals surface area contributed by atoms with Gasteiger partial charge in [0.2, 0.25) is 0 Å². The predicted octanol–water partition coefficient (Wildman–Crippen LogP) is 1.05. The predicted molar refractivity (Wildman–Crippen MR) is 51.7 cm³/mol. The van der Waals surface area contributed by atoms with E-state index in [2.05, 4.69) is 20.2 Å². The maximum absolute atomic E-state index is 10.6. The molecule has 2 rings (SSSR count). The minimum atomic E-state index is -1.05. The Morgan fingerprint density at radius 3 is 3.00 bits per heavy atom. The molecule has 2 aromatic heterocycles. The molecule has 0 aromatic carbocycles. The number of pyridine rings is 1. The zero-order valence-corrected chi connectivity index (χ0v) is 8.23. The maximum atomic E-state index is 10.6. The SMILES string of the molecule is O=C(O)c1cccc(Sc2ncn[nH]2)n1. The Balaban J connectivity index is 2.22. The van der Waals surface area contributed by atoms with E-state index in [0.717, 1.165) is 0 Å². The summed E-state index contributed by atoms with van der Waals surface area (Å²) in [6, 6.07) is 4.78. The van der Waals surface area contributed by atoms with Crippen LogP contribution in [0.3, 0.4) is 0 Å². The molecule has 0 saturated carbocycles. The van der Waals surface area contributed by atoms with Crippen molar-refractivity contribution in [3.8, 4) is 0 Å². The van der Waals surface area contributed by atoms with Gasteiger partial charge >= 0.3 is 5.97 Å². The summed E-state index contributed by atoms with van der Waals surface area (Å²) in [4.78, 5) is 18.5. The molecule has 76 valence electrons. The normalized spacial score (nSPS) is 10.1. The topological polar surface area (TPSA) is 91.8 Å². The standard InChI is InChI=1S/C8H6N4O2S/c13-7(14)5-2-1-3-6(11-5)15-8-9-4-10-12-8/h1-4H,(H,13,14)(H,9,10,12). The summed E-state index contributed by atoms with van der Waals surface area (Å²) >= 11 is 1.22. The van der Waals surface area contributed by atoms with Crippen LogP contribution in [-0.2, 0) is 0 Å². The summed E-state index contributed by atoms with van der Waals surface area (Å²) in [6.07, 6.45) is 1.38. The first kappa shape index (κ1) is 9.66. The van der Waals surface area contributed by atoms with Crippen molar-refractivity contribution < 1.29 is 9.90 Å². The van der Waals surface area contributed by atoms with E-state index in [1.807, 2.05) is 0 Å². The Morgan fingerprint density at radius 1 is 1.47 bits per heavy atom. The molecule has 7 heteroatoms. The fraction of sp³-hybridized carbons (Fsp3) is 0. The van der Waals surface area contributed by atoms with Gasteiger partial charge in [-0.15, -0.1) is 0 Å². The third kappa shape index (κ3) is 2.32. The zero-order valence-electron chi connectivity index (χ0n) is 7.41. The van der Waals surface area contributed by atoms with Gasteiger partial charge in [0.15, 0.2) is 5.16 Å². The molecule has 0 fully saturated rings. The second-order valence-corrected chi connectivity index (χ2v) is 3.57. The molecule has 0 spiro atoms. The Morgan fingerprint density at radius 2 is 2.33 bits per heavy atom. The Kier molecular flexibility index (Phi) is 2.64. The Labute approximate surface area is 88.8 Å². The van der Waals surface area contributed by atoms with Crippen LogP contribution in [0.15, 0.2) is 34.7 Å². The third-order valence-corrected chi connectivity index (χ3v) is 2.36. The molecule has 0 aliphatic heterocycles. The van der Waals surface area contributed by atoms with E-state index < -0.39 is 5.97 Å². The van der Waals surface area contributed by atoms with Crippen molar-refractivity contribution in [1.29, 1.82) is 0 Å². The van der Waals surface area contributed by atoms with Crippen LogP contribution in [0.1, 0.15) is 10.5 Å². The van der Waals surface area contributed by atoms with Crippen molar-refractivity contribution in [1.82, 2.24) is 20.2 Å². The average Bonchev–Trinajstić information content (AvgIpc) is 2.71. The van der Waals surface area contributed by atoms with E-state index in [1.54, 1.807) is 12.1 Å². The Bertz CT molecular complexity index is 471. The molecule has 0 radical (unpaired) electrons. The lowest BCUT2D eigenvalue weighted by Gasteiger charge is -1.97. The molecule has 2 aromatic rings. The van der Waals surface area contributed by atoms with Crippen LogP contribution in [0.4, 0.5) is 0 Å². The first-order valence-electron chi connectivity index (χ1n) is 3.99. The second kappa shape index (κ2) is 4.09. The highest BCUT2D eigenvalue weighted by atomic mass is 32.2. The Hall–Kier alpha value is -1.89. The molecule has 0 bridgehead atoms. The van der Waals surface area contributed by atoms with Crippen molar-refractivity contribution in [3.05, 3.63) is 30.2 Å². The summed E-state index contributed by atoms with van der Waals surface area (Å²) in [7, 11) is 0. The van der Waals surface area contributed by atoms with Crippen LogP contribution in [0.25, 0.3) is 0 Å². The number of H-pyrrole nitrogens is 1. The molecule has 15 heavy (non-hydrogen) atoms. The lowest BCUT2D eigenvalue weighted by atomic mass is 10.4. The maximum Gasteiger partial charge on any atom is 0.354 e. The number of aromatic amines is 1. The summed E-state index contributed by atoms with van der Waals surface area (Å²) in [6.45, 7) is 0. The van der Waals surface area contributed by atoms with Crippen molar-refractivity contribution in [2.24, 2.45) is 0 Å². The minimum Gasteiger partial charge on any atom is -0.477 e. The molecular formula is C8H6N4O2S. The molecule has 2 heterocycles. The number of nitrogens with zero attached hydrogens (tertiary/aromatic N) is 3. The number of carboxylic acid groups (broad SMARTS) is 1. The number of rotatable bonds is 3. The molecule has 0 aliphatic carbocycles. The highest BCUT2D eigenvalue weighted by Gasteiger charge is 2.06. The van der Waals surface area contributed by atoms with Gasteiger partial charge in [-0.25, -0.2) is 14.8 Å². The molecule has 0 atom stereocenters. The molecule has 0 saturated heterocycles. The van der Waals surface area contributed by atoms with Crippen LogP contribution >= 0.6 is 11.8 Å². The fourth-order valence-corrected chi connectivity index (χ4v) is 1.62. The molecule has 6 nitrogen and oxygen atoms in total. The van der Waals surface area contributed by atoms with Crippen LogP contribution in [-0.4, -0.2) is 31.2 Å². The van der Waals surface area contributed by atoms with Crippen molar-refractivity contribution >= 4 is 17.7 Å². The van der Waals surface area contributed by atoms with Crippen molar-refractivity contribution in [3.63, 3.8) is 0 Å². The van der Waals surface area contributed by atoms with Crippen LogP contribution in [0, 0.1) is 0 Å². The number of aromatic carboxylic acids is 1. The lowest BCUT2D eigenvalue weighted by molar-refractivity contribution is 0.0689. The number of nitrogens with one attached hydrogen (secondary N) is 1. The van der Waals surface area contributed by atoms with Gasteiger partial charge in [0.1, 0.15) is 17.0 Å². The van der Waals surface area contributed by atoms with Crippen molar-refractivity contribution in [2.75, 3.05) is 0 Å². The second-order valence-electron chi connectivity index (χ2n) is 2.56. The highest BCUT2D eigenvalue weighted by Crippen LogP contribution is 2.21. The minimum absolute atomic E-state index is 0.0134. The summed E-state index contributed by atoms with van der Waals surface area (Å²) in [5.41, 5.74) is 0.0134. The summed E-state index contributed by atoms with van der Waals surface area (Å²) < 4.78 is 0. The van der Waals surface area contributed by atoms with Crippen LogP contribution in [0.5, 0.6) is 0 Å². The van der Waals surface area contributed by atoms with Gasteiger partial charge < -0.3 is 5.11 Å². The van der Waals surface area contributed by atoms with Gasteiger partial charge in [-0.2, -0.15) is 5.10 Å². The van der Waals surface area contributed by atoms with E-state index >= 15 is 0 Å². The molecule has 0 unspecified atom stereocenters. The molecule has 0 amide bonds. The summed E-state index contributed by atoms with van der Waals surface area (Å²) in [5, 5.41) is 16.2. The van der Waals surface area contributed by atoms with E-state index in [4.69, 9.17) is 5.11 Å². The molecular weight excluding hydrogens is 216 g/mol. The van der Waals surface area contributed by atoms with Gasteiger partial charge in [-0.05, 0) is 23.9 Å². The number of hydrogen-bond donors (Lipinski definition) is 2. The number of carbonyl (C=O) groups is 1. The van der Waals surface area contributed by atoms with E-state index in [9.17, 15) is 4.79 Å².